The molecule has 0 bridgehead atoms. The van der Waals surface area contributed by atoms with Crippen LogP contribution in [0.5, 0.6) is 11.5 Å². The summed E-state index contributed by atoms with van der Waals surface area (Å²) in [6.07, 6.45) is 5.34. The van der Waals surface area contributed by atoms with E-state index < -0.39 is 74.2 Å². The minimum Gasteiger partial charge on any atom is -0.458 e. The van der Waals surface area contributed by atoms with Crippen LogP contribution in [0.4, 0.5) is 5.69 Å². The topological polar surface area (TPSA) is 39.1 Å². The van der Waals surface area contributed by atoms with E-state index in [4.69, 9.17) is 17.9 Å². The van der Waals surface area contributed by atoms with E-state index in [1.807, 2.05) is 79.0 Å². The summed E-state index contributed by atoms with van der Waals surface area (Å²) in [4.78, 5) is 6.28. The molecule has 0 N–H and O–H groups in total. The van der Waals surface area contributed by atoms with E-state index in [1.165, 1.54) is 4.81 Å². The van der Waals surface area contributed by atoms with Crippen LogP contribution in [0.15, 0.2) is 194 Å². The third-order valence-corrected chi connectivity index (χ3v) is 12.9. The van der Waals surface area contributed by atoms with Crippen molar-refractivity contribution < 1.29 is 27.1 Å². The van der Waals surface area contributed by atoms with E-state index in [0.29, 0.717) is 39.4 Å². The molecule has 0 radical (unpaired) electrons. The van der Waals surface area contributed by atoms with Crippen molar-refractivity contribution in [3.63, 3.8) is 0 Å². The first kappa shape index (κ1) is 27.2. The van der Waals surface area contributed by atoms with Crippen LogP contribution in [0.25, 0.3) is 83.4 Å². The summed E-state index contributed by atoms with van der Waals surface area (Å²) >= 11 is 0. The van der Waals surface area contributed by atoms with E-state index >= 15 is 0 Å². The molecule has 314 valence electrons. The first-order valence-electron chi connectivity index (χ1n) is 28.2. The number of pyridine rings is 1. The third kappa shape index (κ3) is 5.76. The molecule has 66 heavy (non-hydrogen) atoms. The van der Waals surface area contributed by atoms with Crippen LogP contribution in [0.1, 0.15) is 44.2 Å². The minimum absolute atomic E-state index is 0.0774. The quantitative estimate of drug-likeness (QED) is 0.0950. The fourth-order valence-corrected chi connectivity index (χ4v) is 9.93. The lowest BCUT2D eigenvalue weighted by Crippen LogP contribution is -2.52. The summed E-state index contributed by atoms with van der Waals surface area (Å²) in [5.41, 5.74) is 7.09. The van der Waals surface area contributed by atoms with Crippen molar-refractivity contribution in [2.24, 2.45) is 0 Å². The van der Waals surface area contributed by atoms with Gasteiger partial charge >= 0.3 is 6.85 Å². The fourth-order valence-electron chi connectivity index (χ4n) is 9.93. The van der Waals surface area contributed by atoms with Crippen LogP contribution in [-0.2, 0) is 5.41 Å². The minimum atomic E-state index is -2.72. The molecule has 0 amide bonds. The van der Waals surface area contributed by atoms with Gasteiger partial charge in [-0.2, -0.15) is 0 Å². The Morgan fingerprint density at radius 1 is 0.652 bits per heavy atom. The fraction of sp³-hybridized carbons (Fsp3) is 0.0847. The van der Waals surface area contributed by atoms with Crippen molar-refractivity contribution in [3.05, 3.63) is 206 Å². The maximum atomic E-state index is 9.24. The van der Waals surface area contributed by atoms with Crippen LogP contribution < -0.4 is 25.0 Å². The average molecular weight is 863 g/mol. The van der Waals surface area contributed by atoms with Gasteiger partial charge in [0.25, 0.3) is 6.33 Å². The standard InChI is InChI=1S/C59H44BN5O/c1-59(2,3)40-32-33-61-55(34-40)65-50-25-14-12-21-46(50)47-28-26-41(35-53(47)65)66-42-27-30-51-54(36-42)64-37-63(52-31-29-48-45-20-11-13-24-49(45)60(62(51)4)56(48)58(52)64)57-43(38-16-7-5-8-17-38)22-15-23-44(57)39-18-9-6-10-19-39/h5-36H,1-4H3/i4D3,5D,6D,7D,8D,9D,10D,16D,17D,18D,19D. The number of nitrogens with zero attached hydrogens (tertiary/aromatic N) is 5. The normalized spacial score (nSPS) is 15.8. The Balaban J connectivity index is 1.09. The number of hydrogen-bond acceptors (Lipinski definition) is 3. The monoisotopic (exact) mass is 862 g/mol. The molecule has 3 aromatic heterocycles. The van der Waals surface area contributed by atoms with Gasteiger partial charge in [0.1, 0.15) is 17.3 Å². The van der Waals surface area contributed by atoms with Gasteiger partial charge in [-0.25, -0.2) is 4.98 Å². The molecule has 0 saturated heterocycles. The molecule has 5 heterocycles. The zero-order valence-corrected chi connectivity index (χ0v) is 35.9. The molecule has 2 aliphatic heterocycles. The Kier molecular flexibility index (Phi) is 5.95. The van der Waals surface area contributed by atoms with Crippen molar-refractivity contribution in [2.75, 3.05) is 11.8 Å². The molecular formula is C59H44BN5O. The molecule has 0 atom stereocenters. The SMILES string of the molecule is [2H]c1c([2H])c([2H])c(-c2cccc(-c3c([2H])c([2H])c([2H])c([2H])c3[2H])c2-[n+]2[c-]n3c4c5c(ccc42)-c2ccccc2B5N(C([2H])([2H])[2H])c2ccc(Oc4ccc5c6ccccc6n(-c6cc(C(C)(C)C)ccn6)c5c4)cc2-3)c([2H])c1[2H]. The Morgan fingerprint density at radius 2 is 1.35 bits per heavy atom. The smallest absolute Gasteiger partial charge is 0.320 e. The molecule has 0 spiro atoms. The van der Waals surface area contributed by atoms with Crippen LogP contribution in [0.3, 0.4) is 0 Å². The summed E-state index contributed by atoms with van der Waals surface area (Å²) in [5.74, 6) is 1.56. The number of para-hydroxylation sites is 2. The second-order valence-electron chi connectivity index (χ2n) is 17.7. The highest BCUT2D eigenvalue weighted by Gasteiger charge is 2.41. The Labute approximate surface area is 402 Å². The van der Waals surface area contributed by atoms with Gasteiger partial charge in [0.15, 0.2) is 0 Å². The molecule has 11 aromatic rings. The van der Waals surface area contributed by atoms with Crippen molar-refractivity contribution in [3.8, 4) is 62.1 Å². The lowest BCUT2D eigenvalue weighted by molar-refractivity contribution is -0.571. The van der Waals surface area contributed by atoms with Crippen molar-refractivity contribution >= 4 is 56.3 Å². The molecule has 6 nitrogen and oxygen atoms in total. The van der Waals surface area contributed by atoms with Crippen LogP contribution >= 0.6 is 0 Å². The molecule has 0 saturated carbocycles. The van der Waals surface area contributed by atoms with Gasteiger partial charge in [0.05, 0.1) is 47.1 Å². The van der Waals surface area contributed by atoms with E-state index in [-0.39, 0.29) is 33.4 Å². The van der Waals surface area contributed by atoms with Gasteiger partial charge in [-0.05, 0) is 111 Å². The average Bonchev–Trinajstić information content (AvgIpc) is 4.23. The number of aromatic nitrogens is 4. The number of anilines is 1. The van der Waals surface area contributed by atoms with Crippen LogP contribution in [0.2, 0.25) is 0 Å². The van der Waals surface area contributed by atoms with E-state index in [9.17, 15) is 9.60 Å². The van der Waals surface area contributed by atoms with Gasteiger partial charge < -0.3 is 9.55 Å². The van der Waals surface area contributed by atoms with E-state index in [2.05, 4.69) is 49.9 Å². The first-order chi connectivity index (χ1) is 37.6. The summed E-state index contributed by atoms with van der Waals surface area (Å²) in [6.45, 7) is 2.86. The molecule has 2 aliphatic rings. The highest BCUT2D eigenvalue weighted by molar-refractivity contribution is 6.93. The van der Waals surface area contributed by atoms with Gasteiger partial charge in [-0.3, -0.25) is 13.7 Å². The van der Waals surface area contributed by atoms with Gasteiger partial charge in [-0.15, -0.1) is 0 Å². The lowest BCUT2D eigenvalue weighted by Gasteiger charge is -2.26. The predicted molar refractivity (Wildman–Crippen MR) is 271 cm³/mol. The molecule has 13 rings (SSSR count). The molecule has 7 heteroatoms. The molecule has 0 unspecified atom stereocenters. The van der Waals surface area contributed by atoms with Gasteiger partial charge in [-0.1, -0.05) is 154 Å². The second kappa shape index (κ2) is 14.4. The number of ether oxygens (including phenoxy) is 1. The first-order valence-corrected chi connectivity index (χ1v) is 21.7. The second-order valence-corrected chi connectivity index (χ2v) is 17.7. The highest BCUT2D eigenvalue weighted by Crippen LogP contribution is 2.42. The number of fused-ring (bicyclic) bond motifs is 8. The predicted octanol–water partition coefficient (Wildman–Crippen LogP) is 12.2. The number of hydrogen-bond donors (Lipinski definition) is 0. The summed E-state index contributed by atoms with van der Waals surface area (Å²) < 4.78 is 129. The number of imidazole rings is 1. The Hall–Kier alpha value is -8.16. The highest BCUT2D eigenvalue weighted by atomic mass is 16.5. The summed E-state index contributed by atoms with van der Waals surface area (Å²) in [6, 6.07) is 33.6. The maximum absolute atomic E-state index is 9.24. The van der Waals surface area contributed by atoms with Crippen LogP contribution in [0, 0.1) is 6.33 Å². The third-order valence-electron chi connectivity index (χ3n) is 12.9. The number of rotatable bonds is 6. The zero-order valence-electron chi connectivity index (χ0n) is 48.9. The molecule has 0 aliphatic carbocycles. The maximum Gasteiger partial charge on any atom is 0.320 e. The zero-order chi connectivity index (χ0) is 55.5. The molecule has 8 aromatic carbocycles. The lowest BCUT2D eigenvalue weighted by atomic mass is 9.52. The van der Waals surface area contributed by atoms with Crippen LogP contribution in [-0.4, -0.2) is 27.9 Å². The summed E-state index contributed by atoms with van der Waals surface area (Å²) in [7, 11) is 0. The largest absolute Gasteiger partial charge is 0.458 e. The Bertz CT molecular complexity index is 4340. The van der Waals surface area contributed by atoms with Gasteiger partial charge in [0.2, 0.25) is 0 Å². The van der Waals surface area contributed by atoms with E-state index in [0.717, 1.165) is 49.8 Å². The van der Waals surface area contributed by atoms with Crippen molar-refractivity contribution in [1.82, 2.24) is 14.1 Å². The Morgan fingerprint density at radius 3 is 2.12 bits per heavy atom. The summed E-state index contributed by atoms with van der Waals surface area (Å²) in [5, 5.41) is 2.01. The van der Waals surface area contributed by atoms with Crippen molar-refractivity contribution in [2.45, 2.75) is 26.2 Å². The van der Waals surface area contributed by atoms with E-state index in [1.54, 1.807) is 45.5 Å². The number of benzene rings is 8. The van der Waals surface area contributed by atoms with Gasteiger partial charge in [0, 0.05) is 32.8 Å². The molecule has 0 fully saturated rings. The van der Waals surface area contributed by atoms with Crippen molar-refractivity contribution in [1.29, 1.82) is 0 Å². The molecular weight excluding hydrogens is 805 g/mol.